The molecular formula is C18H21ClN4O. The SMILES string of the molecule is Cc1nc2cc(CNC(=O)c3ccncc3)ccc2n1C(C)C.Cl. The zero-order chi connectivity index (χ0) is 16.4. The van der Waals surface area contributed by atoms with Gasteiger partial charge in [-0.3, -0.25) is 9.78 Å². The molecule has 24 heavy (non-hydrogen) atoms. The summed E-state index contributed by atoms with van der Waals surface area (Å²) in [6.45, 7) is 6.80. The number of imidazole rings is 1. The van der Waals surface area contributed by atoms with Gasteiger partial charge in [-0.25, -0.2) is 4.98 Å². The molecule has 6 heteroatoms. The van der Waals surface area contributed by atoms with Crippen molar-refractivity contribution >= 4 is 29.3 Å². The van der Waals surface area contributed by atoms with Gasteiger partial charge in [0.05, 0.1) is 11.0 Å². The fourth-order valence-electron chi connectivity index (χ4n) is 2.81. The molecule has 2 heterocycles. The number of halogens is 1. The Morgan fingerprint density at radius 1 is 1.21 bits per heavy atom. The lowest BCUT2D eigenvalue weighted by Crippen LogP contribution is -2.22. The minimum absolute atomic E-state index is 0. The van der Waals surface area contributed by atoms with Gasteiger partial charge < -0.3 is 9.88 Å². The normalized spacial score (nSPS) is 10.7. The van der Waals surface area contributed by atoms with E-state index >= 15 is 0 Å². The molecule has 1 amide bonds. The summed E-state index contributed by atoms with van der Waals surface area (Å²) in [4.78, 5) is 20.6. The van der Waals surface area contributed by atoms with E-state index in [2.05, 4.69) is 39.8 Å². The largest absolute Gasteiger partial charge is 0.348 e. The number of aryl methyl sites for hydroxylation is 1. The first-order valence-corrected chi connectivity index (χ1v) is 7.72. The molecule has 0 atom stereocenters. The van der Waals surface area contributed by atoms with E-state index in [9.17, 15) is 4.79 Å². The highest BCUT2D eigenvalue weighted by Gasteiger charge is 2.11. The van der Waals surface area contributed by atoms with E-state index in [-0.39, 0.29) is 18.3 Å². The zero-order valence-corrected chi connectivity index (χ0v) is 14.8. The third-order valence-corrected chi connectivity index (χ3v) is 3.84. The Bertz CT molecular complexity index is 843. The Morgan fingerprint density at radius 3 is 2.58 bits per heavy atom. The van der Waals surface area contributed by atoms with Crippen molar-refractivity contribution < 1.29 is 4.79 Å². The van der Waals surface area contributed by atoms with E-state index in [4.69, 9.17) is 0 Å². The van der Waals surface area contributed by atoms with Crippen LogP contribution in [0.2, 0.25) is 0 Å². The van der Waals surface area contributed by atoms with Gasteiger partial charge in [-0.15, -0.1) is 12.4 Å². The molecule has 3 rings (SSSR count). The number of hydrogen-bond acceptors (Lipinski definition) is 3. The van der Waals surface area contributed by atoms with Gasteiger partial charge in [-0.05, 0) is 50.6 Å². The molecule has 126 valence electrons. The lowest BCUT2D eigenvalue weighted by Gasteiger charge is -2.11. The molecule has 0 aliphatic heterocycles. The molecule has 1 N–H and O–H groups in total. The average molecular weight is 345 g/mol. The van der Waals surface area contributed by atoms with Crippen molar-refractivity contribution in [2.75, 3.05) is 0 Å². The summed E-state index contributed by atoms with van der Waals surface area (Å²) in [6, 6.07) is 9.92. The number of pyridine rings is 1. The van der Waals surface area contributed by atoms with Gasteiger partial charge in [-0.2, -0.15) is 0 Å². The summed E-state index contributed by atoms with van der Waals surface area (Å²) in [7, 11) is 0. The highest BCUT2D eigenvalue weighted by Crippen LogP contribution is 2.21. The number of nitrogens with zero attached hydrogens (tertiary/aromatic N) is 3. The summed E-state index contributed by atoms with van der Waals surface area (Å²) in [6.07, 6.45) is 3.23. The van der Waals surface area contributed by atoms with Crippen LogP contribution in [-0.2, 0) is 6.54 Å². The molecule has 0 unspecified atom stereocenters. The molecule has 3 aromatic rings. The Morgan fingerprint density at radius 2 is 1.92 bits per heavy atom. The molecule has 2 aromatic heterocycles. The molecular weight excluding hydrogens is 324 g/mol. The smallest absolute Gasteiger partial charge is 0.251 e. The van der Waals surface area contributed by atoms with E-state index in [0.29, 0.717) is 18.2 Å². The van der Waals surface area contributed by atoms with Gasteiger partial charge in [0.15, 0.2) is 0 Å². The number of fused-ring (bicyclic) bond motifs is 1. The highest BCUT2D eigenvalue weighted by atomic mass is 35.5. The van der Waals surface area contributed by atoms with Crippen LogP contribution in [0.25, 0.3) is 11.0 Å². The predicted octanol–water partition coefficient (Wildman–Crippen LogP) is 3.67. The van der Waals surface area contributed by atoms with E-state index in [0.717, 1.165) is 22.4 Å². The number of hydrogen-bond donors (Lipinski definition) is 1. The predicted molar refractivity (Wildman–Crippen MR) is 97.5 cm³/mol. The first-order chi connectivity index (χ1) is 11.1. The first kappa shape index (κ1) is 17.9. The van der Waals surface area contributed by atoms with Crippen LogP contribution in [0.3, 0.4) is 0 Å². The third kappa shape index (κ3) is 3.57. The van der Waals surface area contributed by atoms with Gasteiger partial charge in [0.25, 0.3) is 5.91 Å². The Balaban J connectivity index is 0.00000208. The van der Waals surface area contributed by atoms with Gasteiger partial charge >= 0.3 is 0 Å². The van der Waals surface area contributed by atoms with Crippen LogP contribution in [0, 0.1) is 6.92 Å². The second-order valence-corrected chi connectivity index (χ2v) is 5.86. The number of benzene rings is 1. The quantitative estimate of drug-likeness (QED) is 0.785. The molecule has 0 spiro atoms. The summed E-state index contributed by atoms with van der Waals surface area (Å²) in [5, 5.41) is 2.92. The zero-order valence-electron chi connectivity index (χ0n) is 14.0. The van der Waals surface area contributed by atoms with Crippen molar-refractivity contribution in [2.45, 2.75) is 33.4 Å². The second-order valence-electron chi connectivity index (χ2n) is 5.86. The van der Waals surface area contributed by atoms with Crippen LogP contribution >= 0.6 is 12.4 Å². The standard InChI is InChI=1S/C18H20N4O.ClH/c1-12(2)22-13(3)21-16-10-14(4-5-17(16)22)11-20-18(23)15-6-8-19-9-7-15;/h4-10,12H,11H2,1-3H3,(H,20,23);1H. The maximum Gasteiger partial charge on any atom is 0.251 e. The van der Waals surface area contributed by atoms with Crippen LogP contribution in [0.4, 0.5) is 0 Å². The Kier molecular flexibility index (Phi) is 5.57. The van der Waals surface area contributed by atoms with Crippen molar-refractivity contribution in [3.05, 3.63) is 59.7 Å². The van der Waals surface area contributed by atoms with Crippen molar-refractivity contribution in [2.24, 2.45) is 0 Å². The van der Waals surface area contributed by atoms with Gasteiger partial charge in [0.2, 0.25) is 0 Å². The lowest BCUT2D eigenvalue weighted by molar-refractivity contribution is 0.0951. The van der Waals surface area contributed by atoms with E-state index in [1.807, 2.05) is 19.1 Å². The third-order valence-electron chi connectivity index (χ3n) is 3.84. The summed E-state index contributed by atoms with van der Waals surface area (Å²) < 4.78 is 2.22. The van der Waals surface area contributed by atoms with Gasteiger partial charge in [0.1, 0.15) is 5.82 Å². The molecule has 0 radical (unpaired) electrons. The number of carbonyl (C=O) groups excluding carboxylic acids is 1. The van der Waals surface area contributed by atoms with Gasteiger partial charge in [0, 0.05) is 30.5 Å². The van der Waals surface area contributed by atoms with Gasteiger partial charge in [-0.1, -0.05) is 6.07 Å². The van der Waals surface area contributed by atoms with Crippen molar-refractivity contribution in [1.82, 2.24) is 19.9 Å². The highest BCUT2D eigenvalue weighted by molar-refractivity contribution is 5.94. The van der Waals surface area contributed by atoms with Crippen molar-refractivity contribution in [1.29, 1.82) is 0 Å². The molecule has 0 bridgehead atoms. The molecule has 0 saturated heterocycles. The Labute approximate surface area is 147 Å². The topological polar surface area (TPSA) is 59.8 Å². The van der Waals surface area contributed by atoms with Crippen LogP contribution in [0.15, 0.2) is 42.7 Å². The monoisotopic (exact) mass is 344 g/mol. The first-order valence-electron chi connectivity index (χ1n) is 7.72. The minimum atomic E-state index is -0.101. The lowest BCUT2D eigenvalue weighted by atomic mass is 10.2. The minimum Gasteiger partial charge on any atom is -0.348 e. The van der Waals surface area contributed by atoms with Crippen LogP contribution < -0.4 is 5.32 Å². The van der Waals surface area contributed by atoms with Crippen molar-refractivity contribution in [3.63, 3.8) is 0 Å². The van der Waals surface area contributed by atoms with E-state index in [1.165, 1.54) is 0 Å². The van der Waals surface area contributed by atoms with Crippen molar-refractivity contribution in [3.8, 4) is 0 Å². The fraction of sp³-hybridized carbons (Fsp3) is 0.278. The number of carbonyl (C=O) groups is 1. The molecule has 0 aliphatic carbocycles. The van der Waals surface area contributed by atoms with E-state index in [1.54, 1.807) is 24.5 Å². The molecule has 0 saturated carbocycles. The summed E-state index contributed by atoms with van der Waals surface area (Å²) in [5.74, 6) is 0.907. The Hall–Kier alpha value is -2.40. The maximum atomic E-state index is 12.1. The molecule has 0 fully saturated rings. The van der Waals surface area contributed by atoms with Crippen LogP contribution in [-0.4, -0.2) is 20.4 Å². The molecule has 5 nitrogen and oxygen atoms in total. The maximum absolute atomic E-state index is 12.1. The number of aromatic nitrogens is 3. The van der Waals surface area contributed by atoms with Crippen LogP contribution in [0.5, 0.6) is 0 Å². The number of amides is 1. The number of rotatable bonds is 4. The number of nitrogens with one attached hydrogen (secondary N) is 1. The fourth-order valence-corrected chi connectivity index (χ4v) is 2.81. The van der Waals surface area contributed by atoms with Crippen LogP contribution in [0.1, 0.15) is 41.6 Å². The summed E-state index contributed by atoms with van der Waals surface area (Å²) >= 11 is 0. The van der Waals surface area contributed by atoms with E-state index < -0.39 is 0 Å². The molecule has 1 aromatic carbocycles. The molecule has 0 aliphatic rings. The second kappa shape index (κ2) is 7.45. The summed E-state index contributed by atoms with van der Waals surface area (Å²) in [5.41, 5.74) is 3.74. The average Bonchev–Trinajstić information content (AvgIpc) is 2.88.